The highest BCUT2D eigenvalue weighted by atomic mass is 16.5. The molecule has 4 aliphatic carbocycles. The lowest BCUT2D eigenvalue weighted by atomic mass is 9.54. The normalized spacial score (nSPS) is 32.3. The Balaban J connectivity index is 1.67. The molecule has 4 fully saturated rings. The van der Waals surface area contributed by atoms with Crippen molar-refractivity contribution in [1.82, 2.24) is 5.32 Å². The van der Waals surface area contributed by atoms with Gasteiger partial charge in [-0.3, -0.25) is 9.59 Å². The molecule has 5 nitrogen and oxygen atoms in total. The van der Waals surface area contributed by atoms with E-state index in [1.54, 1.807) is 6.08 Å². The fraction of sp³-hybridized carbons (Fsp3) is 0.722. The number of hydrogen-bond donors (Lipinski definition) is 1. The first-order chi connectivity index (χ1) is 11.1. The fourth-order valence-electron chi connectivity index (χ4n) is 4.84. The van der Waals surface area contributed by atoms with E-state index in [1.807, 2.05) is 6.07 Å². The first kappa shape index (κ1) is 16.2. The number of methoxy groups -OCH3 is 1. The zero-order valence-corrected chi connectivity index (χ0v) is 13.6. The first-order valence-electron chi connectivity index (χ1n) is 8.54. The van der Waals surface area contributed by atoms with Gasteiger partial charge in [0, 0.05) is 13.7 Å². The molecule has 1 unspecified atom stereocenters. The third-order valence-corrected chi connectivity index (χ3v) is 5.67. The Kier molecular flexibility index (Phi) is 4.82. The maximum absolute atomic E-state index is 12.4. The largest absolute Gasteiger partial charge is 0.383 e. The van der Waals surface area contributed by atoms with Crippen molar-refractivity contribution >= 4 is 11.7 Å². The van der Waals surface area contributed by atoms with Crippen molar-refractivity contribution in [3.8, 4) is 6.07 Å². The minimum absolute atomic E-state index is 0.311. The van der Waals surface area contributed by atoms with E-state index in [0.29, 0.717) is 25.0 Å². The molecular weight excluding hydrogens is 292 g/mol. The van der Waals surface area contributed by atoms with Crippen LogP contribution in [0.4, 0.5) is 0 Å². The van der Waals surface area contributed by atoms with Crippen molar-refractivity contribution in [3.63, 3.8) is 0 Å². The molecule has 0 aromatic carbocycles. The number of ketones is 1. The van der Waals surface area contributed by atoms with Crippen molar-refractivity contribution in [2.24, 2.45) is 29.6 Å². The van der Waals surface area contributed by atoms with Gasteiger partial charge in [-0.2, -0.15) is 5.26 Å². The van der Waals surface area contributed by atoms with E-state index in [2.05, 4.69) is 5.32 Å². The van der Waals surface area contributed by atoms with Gasteiger partial charge in [0.15, 0.2) is 11.7 Å². The molecule has 0 aliphatic heterocycles. The van der Waals surface area contributed by atoms with Crippen LogP contribution in [-0.4, -0.2) is 32.0 Å². The van der Waals surface area contributed by atoms with Gasteiger partial charge in [-0.05, 0) is 61.9 Å². The summed E-state index contributed by atoms with van der Waals surface area (Å²) in [6.45, 7) is 0.679. The Morgan fingerprint density at radius 1 is 1.26 bits per heavy atom. The van der Waals surface area contributed by atoms with Gasteiger partial charge in [-0.25, -0.2) is 0 Å². The molecule has 1 N–H and O–H groups in total. The van der Waals surface area contributed by atoms with E-state index >= 15 is 0 Å². The number of rotatable bonds is 6. The highest BCUT2D eigenvalue weighted by Gasteiger charge is 2.45. The number of ether oxygens (including phenoxy) is 1. The smallest absolute Gasteiger partial charge is 0.245 e. The van der Waals surface area contributed by atoms with Crippen molar-refractivity contribution in [3.05, 3.63) is 11.6 Å². The maximum atomic E-state index is 12.4. The Hall–Kier alpha value is -1.67. The average molecular weight is 316 g/mol. The van der Waals surface area contributed by atoms with Gasteiger partial charge in [0.1, 0.15) is 0 Å². The zero-order chi connectivity index (χ0) is 16.4. The number of hydrogen-bond acceptors (Lipinski definition) is 4. The summed E-state index contributed by atoms with van der Waals surface area (Å²) in [6, 6.07) is 1.85. The second kappa shape index (κ2) is 6.84. The predicted molar refractivity (Wildman–Crippen MR) is 84.1 cm³/mol. The molecule has 1 atom stereocenters. The molecule has 0 radical (unpaired) electrons. The summed E-state index contributed by atoms with van der Waals surface area (Å²) in [4.78, 5) is 24.4. The van der Waals surface area contributed by atoms with Crippen LogP contribution in [0.25, 0.3) is 0 Å². The lowest BCUT2D eigenvalue weighted by Crippen LogP contribution is -2.41. The Bertz CT molecular complexity index is 531. The third-order valence-electron chi connectivity index (χ3n) is 5.67. The van der Waals surface area contributed by atoms with Gasteiger partial charge in [-0.15, -0.1) is 0 Å². The molecule has 4 bridgehead atoms. The van der Waals surface area contributed by atoms with Crippen LogP contribution >= 0.6 is 0 Å². The molecule has 1 amide bonds. The minimum atomic E-state index is -1.24. The van der Waals surface area contributed by atoms with E-state index in [-0.39, 0.29) is 5.78 Å². The van der Waals surface area contributed by atoms with Crippen LogP contribution in [0.3, 0.4) is 0 Å². The molecule has 0 heterocycles. The van der Waals surface area contributed by atoms with Gasteiger partial charge in [0.05, 0.1) is 12.7 Å². The van der Waals surface area contributed by atoms with Gasteiger partial charge < -0.3 is 10.1 Å². The Labute approximate surface area is 137 Å². The van der Waals surface area contributed by atoms with Gasteiger partial charge in [0.25, 0.3) is 0 Å². The molecule has 0 spiro atoms. The topological polar surface area (TPSA) is 79.2 Å². The molecule has 4 saturated carbocycles. The number of amides is 1. The molecule has 124 valence electrons. The fourth-order valence-corrected chi connectivity index (χ4v) is 4.84. The molecule has 4 rings (SSSR count). The highest BCUT2D eigenvalue weighted by Crippen LogP contribution is 2.56. The molecular formula is C18H24N2O3. The second-order valence-corrected chi connectivity index (χ2v) is 7.20. The van der Waals surface area contributed by atoms with Crippen molar-refractivity contribution in [1.29, 1.82) is 5.26 Å². The monoisotopic (exact) mass is 316 g/mol. The summed E-state index contributed by atoms with van der Waals surface area (Å²) in [5.74, 6) is 0.552. The second-order valence-electron chi connectivity index (χ2n) is 7.20. The van der Waals surface area contributed by atoms with Crippen LogP contribution in [0.2, 0.25) is 0 Å². The molecule has 23 heavy (non-hydrogen) atoms. The van der Waals surface area contributed by atoms with Crippen molar-refractivity contribution in [2.75, 3.05) is 20.3 Å². The predicted octanol–water partition coefficient (Wildman–Crippen LogP) is 1.84. The van der Waals surface area contributed by atoms with E-state index < -0.39 is 11.8 Å². The van der Waals surface area contributed by atoms with E-state index in [9.17, 15) is 14.9 Å². The van der Waals surface area contributed by atoms with E-state index in [4.69, 9.17) is 4.74 Å². The summed E-state index contributed by atoms with van der Waals surface area (Å²) >= 11 is 0. The number of carbonyl (C=O) groups excluding carboxylic acids is 2. The average Bonchev–Trinajstić information content (AvgIpc) is 2.51. The SMILES string of the molecule is COCCNC(=O)C(C#N)C(=O)C=C1C2CC3CC(C2)CC1C3. The zero-order valence-electron chi connectivity index (χ0n) is 13.6. The summed E-state index contributed by atoms with van der Waals surface area (Å²) in [5, 5.41) is 11.8. The lowest BCUT2D eigenvalue weighted by molar-refractivity contribution is -0.129. The lowest BCUT2D eigenvalue weighted by Gasteiger charge is -2.51. The molecule has 0 saturated heterocycles. The number of nitriles is 1. The van der Waals surface area contributed by atoms with Gasteiger partial charge in [-0.1, -0.05) is 5.57 Å². The summed E-state index contributed by atoms with van der Waals surface area (Å²) in [6.07, 6.45) is 7.73. The standard InChI is InChI=1S/C18H24N2O3/c1-23-3-2-20-18(22)16(10-19)17(21)9-15-13-5-11-4-12(7-13)8-14(15)6-11/h9,11-14,16H,2-8H2,1H3,(H,20,22). The summed E-state index contributed by atoms with van der Waals surface area (Å²) in [7, 11) is 1.54. The van der Waals surface area contributed by atoms with Gasteiger partial charge >= 0.3 is 0 Å². The van der Waals surface area contributed by atoms with Crippen LogP contribution in [0.15, 0.2) is 11.6 Å². The van der Waals surface area contributed by atoms with Crippen LogP contribution in [0.1, 0.15) is 32.1 Å². The molecule has 0 aromatic rings. The molecule has 0 aromatic heterocycles. The Morgan fingerprint density at radius 2 is 1.87 bits per heavy atom. The van der Waals surface area contributed by atoms with Crippen molar-refractivity contribution in [2.45, 2.75) is 32.1 Å². The van der Waals surface area contributed by atoms with Crippen molar-refractivity contribution < 1.29 is 14.3 Å². The van der Waals surface area contributed by atoms with Crippen LogP contribution in [0, 0.1) is 40.9 Å². The van der Waals surface area contributed by atoms with Crippen LogP contribution < -0.4 is 5.32 Å². The van der Waals surface area contributed by atoms with Crippen LogP contribution in [0.5, 0.6) is 0 Å². The summed E-state index contributed by atoms with van der Waals surface area (Å²) < 4.78 is 4.86. The third kappa shape index (κ3) is 3.32. The van der Waals surface area contributed by atoms with Crippen LogP contribution in [-0.2, 0) is 14.3 Å². The maximum Gasteiger partial charge on any atom is 0.245 e. The number of allylic oxidation sites excluding steroid dienone is 2. The number of nitrogens with zero attached hydrogens (tertiary/aromatic N) is 1. The molecule has 4 aliphatic rings. The summed E-state index contributed by atoms with van der Waals surface area (Å²) in [5.41, 5.74) is 1.21. The van der Waals surface area contributed by atoms with E-state index in [0.717, 1.165) is 11.8 Å². The minimum Gasteiger partial charge on any atom is -0.383 e. The number of nitrogens with one attached hydrogen (secondary N) is 1. The first-order valence-corrected chi connectivity index (χ1v) is 8.54. The molecule has 5 heteroatoms. The van der Waals surface area contributed by atoms with E-state index in [1.165, 1.54) is 44.8 Å². The number of carbonyl (C=O) groups is 2. The van der Waals surface area contributed by atoms with Gasteiger partial charge in [0.2, 0.25) is 5.91 Å². The quantitative estimate of drug-likeness (QED) is 0.461. The Morgan fingerprint density at radius 3 is 2.39 bits per heavy atom. The highest BCUT2D eigenvalue weighted by molar-refractivity contribution is 6.09.